The summed E-state index contributed by atoms with van der Waals surface area (Å²) in [4.78, 5) is 22.8. The van der Waals surface area contributed by atoms with E-state index in [1.807, 2.05) is 24.3 Å². The van der Waals surface area contributed by atoms with E-state index in [0.717, 1.165) is 11.4 Å². The minimum absolute atomic E-state index is 0.159. The number of halogens is 1. The van der Waals surface area contributed by atoms with Crippen molar-refractivity contribution in [2.45, 2.75) is 16.5 Å². The minimum atomic E-state index is -0.553. The molecule has 0 aliphatic heterocycles. The Balaban J connectivity index is 1.60. The van der Waals surface area contributed by atoms with E-state index in [4.69, 9.17) is 16.3 Å². The van der Waals surface area contributed by atoms with Crippen molar-refractivity contribution >= 4 is 62.8 Å². The molecule has 9 nitrogen and oxygen atoms in total. The van der Waals surface area contributed by atoms with Crippen LogP contribution in [-0.2, 0) is 4.79 Å². The molecule has 156 valence electrons. The van der Waals surface area contributed by atoms with Crippen LogP contribution in [-0.4, -0.2) is 33.4 Å². The van der Waals surface area contributed by atoms with Crippen molar-refractivity contribution in [3.8, 4) is 5.75 Å². The second kappa shape index (κ2) is 9.74. The van der Waals surface area contributed by atoms with Crippen molar-refractivity contribution in [3.63, 3.8) is 0 Å². The number of rotatable bonds is 8. The van der Waals surface area contributed by atoms with Crippen molar-refractivity contribution in [3.05, 3.63) is 57.6 Å². The van der Waals surface area contributed by atoms with Crippen molar-refractivity contribution in [1.82, 2.24) is 10.2 Å². The maximum atomic E-state index is 12.5. The van der Waals surface area contributed by atoms with E-state index in [1.54, 1.807) is 14.0 Å². The number of hydrogen-bond donors (Lipinski definition) is 2. The molecular weight excluding hydrogens is 450 g/mol. The number of nitrogens with one attached hydrogen (secondary N) is 2. The third-order valence-electron chi connectivity index (χ3n) is 3.81. The maximum Gasteiger partial charge on any atom is 0.271 e. The van der Waals surface area contributed by atoms with E-state index >= 15 is 0 Å². The zero-order valence-electron chi connectivity index (χ0n) is 15.8. The van der Waals surface area contributed by atoms with Crippen LogP contribution in [0, 0.1) is 10.1 Å². The average molecular weight is 466 g/mol. The Morgan fingerprint density at radius 3 is 2.67 bits per heavy atom. The van der Waals surface area contributed by atoms with Crippen LogP contribution in [0.15, 0.2) is 46.8 Å². The number of hydrogen-bond acceptors (Lipinski definition) is 9. The van der Waals surface area contributed by atoms with Crippen molar-refractivity contribution < 1.29 is 14.5 Å². The highest BCUT2D eigenvalue weighted by molar-refractivity contribution is 8.02. The van der Waals surface area contributed by atoms with Gasteiger partial charge in [0.15, 0.2) is 4.34 Å². The number of non-ortho nitro benzene ring substituents is 1. The van der Waals surface area contributed by atoms with Gasteiger partial charge in [-0.2, -0.15) is 0 Å². The lowest BCUT2D eigenvalue weighted by molar-refractivity contribution is -0.384. The van der Waals surface area contributed by atoms with Gasteiger partial charge < -0.3 is 15.4 Å². The summed E-state index contributed by atoms with van der Waals surface area (Å²) in [6.07, 6.45) is 0. The smallest absolute Gasteiger partial charge is 0.271 e. The first-order chi connectivity index (χ1) is 14.4. The molecule has 1 atom stereocenters. The van der Waals surface area contributed by atoms with Gasteiger partial charge in [0.2, 0.25) is 11.0 Å². The predicted octanol–water partition coefficient (Wildman–Crippen LogP) is 4.97. The summed E-state index contributed by atoms with van der Waals surface area (Å²) >= 11 is 8.55. The van der Waals surface area contributed by atoms with Crippen LogP contribution in [0.3, 0.4) is 0 Å². The third-order valence-corrected chi connectivity index (χ3v) is 6.17. The van der Waals surface area contributed by atoms with Crippen LogP contribution in [0.1, 0.15) is 6.92 Å². The van der Waals surface area contributed by atoms with Gasteiger partial charge in [-0.05, 0) is 37.3 Å². The fraction of sp³-hybridized carbons (Fsp3) is 0.167. The fourth-order valence-electron chi connectivity index (χ4n) is 2.27. The Kier molecular flexibility index (Phi) is 7.08. The van der Waals surface area contributed by atoms with Gasteiger partial charge in [0, 0.05) is 17.8 Å². The number of aromatic nitrogens is 2. The molecule has 0 radical (unpaired) electrons. The SMILES string of the molecule is COc1ccc(Nc2nnc(SC(C)C(=O)Nc3cc([N+](=O)[O-])ccc3Cl)s2)cc1. The Morgan fingerprint density at radius 1 is 1.27 bits per heavy atom. The molecule has 0 aliphatic carbocycles. The van der Waals surface area contributed by atoms with Crippen molar-refractivity contribution in [2.75, 3.05) is 17.7 Å². The van der Waals surface area contributed by atoms with Gasteiger partial charge in [-0.25, -0.2) is 0 Å². The average Bonchev–Trinajstić information content (AvgIpc) is 3.16. The molecule has 0 spiro atoms. The van der Waals surface area contributed by atoms with Crippen LogP contribution in [0.25, 0.3) is 0 Å². The largest absolute Gasteiger partial charge is 0.497 e. The summed E-state index contributed by atoms with van der Waals surface area (Å²) in [6.45, 7) is 1.70. The summed E-state index contributed by atoms with van der Waals surface area (Å²) in [6, 6.07) is 11.2. The zero-order chi connectivity index (χ0) is 21.7. The Bertz CT molecular complexity index is 1060. The number of nitro benzene ring substituents is 1. The molecule has 2 aromatic carbocycles. The summed E-state index contributed by atoms with van der Waals surface area (Å²) in [5.41, 5.74) is 0.852. The second-order valence-corrected chi connectivity index (χ2v) is 8.87. The molecule has 0 bridgehead atoms. The summed E-state index contributed by atoms with van der Waals surface area (Å²) < 4.78 is 5.72. The monoisotopic (exact) mass is 465 g/mol. The van der Waals surface area contributed by atoms with Crippen molar-refractivity contribution in [1.29, 1.82) is 0 Å². The second-order valence-electron chi connectivity index (χ2n) is 5.90. The van der Waals surface area contributed by atoms with E-state index in [-0.39, 0.29) is 22.3 Å². The van der Waals surface area contributed by atoms with Crippen molar-refractivity contribution in [2.24, 2.45) is 0 Å². The maximum absolute atomic E-state index is 12.5. The number of nitrogens with zero attached hydrogens (tertiary/aromatic N) is 3. The molecule has 0 fully saturated rings. The Hall–Kier alpha value is -2.89. The van der Waals surface area contributed by atoms with Gasteiger partial charge >= 0.3 is 0 Å². The quantitative estimate of drug-likeness (QED) is 0.272. The number of benzene rings is 2. The molecule has 1 amide bonds. The molecule has 1 aromatic heterocycles. The molecule has 3 aromatic rings. The number of amides is 1. The van der Waals surface area contributed by atoms with Crippen LogP contribution >= 0.6 is 34.7 Å². The third kappa shape index (κ3) is 5.59. The highest BCUT2D eigenvalue weighted by Gasteiger charge is 2.19. The van der Waals surface area contributed by atoms with E-state index in [0.29, 0.717) is 9.47 Å². The summed E-state index contributed by atoms with van der Waals surface area (Å²) in [5.74, 6) is 0.389. The number of methoxy groups -OCH3 is 1. The normalized spacial score (nSPS) is 11.6. The number of anilines is 3. The molecular formula is C18H16ClN5O4S2. The highest BCUT2D eigenvalue weighted by Crippen LogP contribution is 2.32. The van der Waals surface area contributed by atoms with E-state index < -0.39 is 10.2 Å². The van der Waals surface area contributed by atoms with Gasteiger partial charge in [-0.3, -0.25) is 14.9 Å². The summed E-state index contributed by atoms with van der Waals surface area (Å²) in [5, 5.41) is 25.1. The summed E-state index contributed by atoms with van der Waals surface area (Å²) in [7, 11) is 1.60. The predicted molar refractivity (Wildman–Crippen MR) is 118 cm³/mol. The van der Waals surface area contributed by atoms with Crippen LogP contribution < -0.4 is 15.4 Å². The Morgan fingerprint density at radius 2 is 2.00 bits per heavy atom. The standard InChI is InChI=1S/C18H16ClN5O4S2/c1-10(16(25)21-15-9-12(24(26)27)5-8-14(15)19)29-18-23-22-17(30-18)20-11-3-6-13(28-2)7-4-11/h3-10H,1-2H3,(H,20,22)(H,21,25). The van der Waals surface area contributed by atoms with Crippen LogP contribution in [0.4, 0.5) is 22.2 Å². The molecule has 2 N–H and O–H groups in total. The van der Waals surface area contributed by atoms with E-state index in [2.05, 4.69) is 20.8 Å². The number of carbonyl (C=O) groups excluding carboxylic acids is 1. The molecule has 30 heavy (non-hydrogen) atoms. The number of carbonyl (C=O) groups is 1. The molecule has 0 aliphatic rings. The molecule has 1 heterocycles. The van der Waals surface area contributed by atoms with Crippen LogP contribution in [0.2, 0.25) is 5.02 Å². The van der Waals surface area contributed by atoms with Gasteiger partial charge in [0.1, 0.15) is 5.75 Å². The zero-order valence-corrected chi connectivity index (χ0v) is 18.2. The van der Waals surface area contributed by atoms with Gasteiger partial charge in [0.25, 0.3) is 5.69 Å². The van der Waals surface area contributed by atoms with Crippen LogP contribution in [0.5, 0.6) is 5.75 Å². The van der Waals surface area contributed by atoms with Gasteiger partial charge in [-0.1, -0.05) is 34.7 Å². The van der Waals surface area contributed by atoms with Gasteiger partial charge in [0.05, 0.1) is 28.0 Å². The molecule has 0 saturated carbocycles. The fourth-order valence-corrected chi connectivity index (χ4v) is 4.35. The number of ether oxygens (including phenoxy) is 1. The van der Waals surface area contributed by atoms with E-state index in [1.165, 1.54) is 41.3 Å². The molecule has 3 rings (SSSR count). The highest BCUT2D eigenvalue weighted by atomic mass is 35.5. The molecule has 1 unspecified atom stereocenters. The topological polar surface area (TPSA) is 119 Å². The number of thioether (sulfide) groups is 1. The molecule has 0 saturated heterocycles. The minimum Gasteiger partial charge on any atom is -0.497 e. The first-order valence-corrected chi connectivity index (χ1v) is 10.6. The lowest BCUT2D eigenvalue weighted by Gasteiger charge is -2.11. The van der Waals surface area contributed by atoms with Gasteiger partial charge in [-0.15, -0.1) is 10.2 Å². The lowest BCUT2D eigenvalue weighted by Crippen LogP contribution is -2.22. The first-order valence-electron chi connectivity index (χ1n) is 8.51. The number of nitro groups is 1. The Labute approximate surface area is 185 Å². The first kappa shape index (κ1) is 21.8. The van der Waals surface area contributed by atoms with E-state index in [9.17, 15) is 14.9 Å². The lowest BCUT2D eigenvalue weighted by atomic mass is 10.2. The molecule has 12 heteroatoms.